The number of hydrogen-bond acceptors (Lipinski definition) is 4. The quantitative estimate of drug-likeness (QED) is 0.680. The lowest BCUT2D eigenvalue weighted by Gasteiger charge is -2.20. The predicted octanol–water partition coefficient (Wildman–Crippen LogP) is 2.88. The van der Waals surface area contributed by atoms with E-state index in [9.17, 15) is 13.2 Å². The number of hydrogen-bond donors (Lipinski definition) is 2. The molecule has 124 valence electrons. The standard InChI is InChI=1S/C14H21BrN2O3S2/c15-12-6-7-14(21-12)22(19,20)17-9-8-16-13(18)10-11-4-2-1-3-5-11/h6-7,11,17H,1-5,8-10H2,(H,16,18). The fraction of sp³-hybridized carbons (Fsp3) is 0.643. The Morgan fingerprint density at radius 3 is 2.59 bits per heavy atom. The zero-order valence-electron chi connectivity index (χ0n) is 12.3. The Labute approximate surface area is 144 Å². The molecule has 5 nitrogen and oxygen atoms in total. The minimum absolute atomic E-state index is 0.0185. The van der Waals surface area contributed by atoms with Gasteiger partial charge >= 0.3 is 0 Å². The molecule has 1 aromatic rings. The van der Waals surface area contributed by atoms with Gasteiger partial charge in [0.25, 0.3) is 0 Å². The molecule has 0 saturated heterocycles. The molecular formula is C14H21BrN2O3S2. The average molecular weight is 409 g/mol. The van der Waals surface area contributed by atoms with Gasteiger partial charge in [0.15, 0.2) is 0 Å². The lowest BCUT2D eigenvalue weighted by molar-refractivity contribution is -0.122. The van der Waals surface area contributed by atoms with E-state index in [1.54, 1.807) is 12.1 Å². The predicted molar refractivity (Wildman–Crippen MR) is 91.4 cm³/mol. The lowest BCUT2D eigenvalue weighted by atomic mass is 9.87. The second-order valence-electron chi connectivity index (χ2n) is 5.51. The lowest BCUT2D eigenvalue weighted by Crippen LogP contribution is -2.35. The second kappa shape index (κ2) is 8.42. The summed E-state index contributed by atoms with van der Waals surface area (Å²) in [4.78, 5) is 11.8. The maximum absolute atomic E-state index is 12.0. The summed E-state index contributed by atoms with van der Waals surface area (Å²) in [7, 11) is -3.48. The highest BCUT2D eigenvalue weighted by Gasteiger charge is 2.18. The third-order valence-electron chi connectivity index (χ3n) is 3.75. The second-order valence-corrected chi connectivity index (χ2v) is 9.97. The number of sulfonamides is 1. The van der Waals surface area contributed by atoms with E-state index >= 15 is 0 Å². The van der Waals surface area contributed by atoms with Gasteiger partial charge in [-0.25, -0.2) is 13.1 Å². The van der Waals surface area contributed by atoms with Crippen molar-refractivity contribution in [2.24, 2.45) is 5.92 Å². The van der Waals surface area contributed by atoms with E-state index in [-0.39, 0.29) is 16.7 Å². The zero-order chi connectivity index (χ0) is 16.0. The van der Waals surface area contributed by atoms with Crippen LogP contribution in [0, 0.1) is 5.92 Å². The van der Waals surface area contributed by atoms with Gasteiger partial charge in [0, 0.05) is 19.5 Å². The summed E-state index contributed by atoms with van der Waals surface area (Å²) in [6, 6.07) is 3.25. The zero-order valence-corrected chi connectivity index (χ0v) is 15.5. The molecule has 0 aromatic carbocycles. The number of nitrogens with one attached hydrogen (secondary N) is 2. The highest BCUT2D eigenvalue weighted by Crippen LogP contribution is 2.26. The minimum atomic E-state index is -3.48. The fourth-order valence-electron chi connectivity index (χ4n) is 2.63. The first-order valence-electron chi connectivity index (χ1n) is 7.49. The van der Waals surface area contributed by atoms with E-state index in [1.807, 2.05) is 0 Å². The van der Waals surface area contributed by atoms with Crippen LogP contribution in [-0.4, -0.2) is 27.4 Å². The first-order valence-corrected chi connectivity index (χ1v) is 10.6. The van der Waals surface area contributed by atoms with Crippen LogP contribution in [0.3, 0.4) is 0 Å². The summed E-state index contributed by atoms with van der Waals surface area (Å²) >= 11 is 4.40. The van der Waals surface area contributed by atoms with Crippen LogP contribution in [0.2, 0.25) is 0 Å². The maximum Gasteiger partial charge on any atom is 0.250 e. The van der Waals surface area contributed by atoms with E-state index in [2.05, 4.69) is 26.0 Å². The first-order chi connectivity index (χ1) is 10.5. The van der Waals surface area contributed by atoms with Crippen molar-refractivity contribution in [1.29, 1.82) is 0 Å². The highest BCUT2D eigenvalue weighted by atomic mass is 79.9. The Hall–Kier alpha value is -0.440. The molecule has 1 aromatic heterocycles. The molecule has 0 spiro atoms. The van der Waals surface area contributed by atoms with Gasteiger partial charge in [-0.2, -0.15) is 0 Å². The van der Waals surface area contributed by atoms with Gasteiger partial charge in [0.05, 0.1) is 3.79 Å². The van der Waals surface area contributed by atoms with Gasteiger partial charge in [-0.15, -0.1) is 11.3 Å². The molecule has 0 bridgehead atoms. The molecule has 22 heavy (non-hydrogen) atoms. The molecule has 0 atom stereocenters. The summed E-state index contributed by atoms with van der Waals surface area (Å²) in [6.07, 6.45) is 6.53. The number of thiophene rings is 1. The number of halogens is 1. The van der Waals surface area contributed by atoms with Gasteiger partial charge in [-0.1, -0.05) is 19.3 Å². The maximum atomic E-state index is 12.0. The Balaban J connectivity index is 1.67. The number of amides is 1. The van der Waals surface area contributed by atoms with Crippen molar-refractivity contribution in [3.05, 3.63) is 15.9 Å². The van der Waals surface area contributed by atoms with Crippen LogP contribution < -0.4 is 10.0 Å². The monoisotopic (exact) mass is 408 g/mol. The molecule has 1 saturated carbocycles. The third-order valence-corrected chi connectivity index (χ3v) is 7.33. The molecule has 8 heteroatoms. The van der Waals surface area contributed by atoms with Crippen molar-refractivity contribution in [2.45, 2.75) is 42.7 Å². The molecule has 1 heterocycles. The van der Waals surface area contributed by atoms with Crippen LogP contribution in [-0.2, 0) is 14.8 Å². The average Bonchev–Trinajstić information content (AvgIpc) is 2.92. The van der Waals surface area contributed by atoms with E-state index in [4.69, 9.17) is 0 Å². The summed E-state index contributed by atoms with van der Waals surface area (Å²) in [6.45, 7) is 0.519. The Kier molecular flexibility index (Phi) is 6.86. The van der Waals surface area contributed by atoms with Crippen molar-refractivity contribution >= 4 is 43.2 Å². The summed E-state index contributed by atoms with van der Waals surface area (Å²) in [5.41, 5.74) is 0. The van der Waals surface area contributed by atoms with E-state index in [1.165, 1.54) is 19.3 Å². The van der Waals surface area contributed by atoms with Crippen LogP contribution in [0.4, 0.5) is 0 Å². The van der Waals surface area contributed by atoms with E-state index in [0.717, 1.165) is 28.0 Å². The van der Waals surface area contributed by atoms with Crippen LogP contribution >= 0.6 is 27.3 Å². The van der Waals surface area contributed by atoms with Gasteiger partial charge in [0.2, 0.25) is 15.9 Å². The summed E-state index contributed by atoms with van der Waals surface area (Å²) in [5, 5.41) is 2.79. The van der Waals surface area contributed by atoms with E-state index < -0.39 is 10.0 Å². The molecule has 1 fully saturated rings. The van der Waals surface area contributed by atoms with Crippen LogP contribution in [0.5, 0.6) is 0 Å². The van der Waals surface area contributed by atoms with Crippen LogP contribution in [0.1, 0.15) is 38.5 Å². The molecule has 1 aliphatic carbocycles. The SMILES string of the molecule is O=C(CC1CCCCC1)NCCNS(=O)(=O)c1ccc(Br)s1. The molecule has 2 rings (SSSR count). The number of carbonyl (C=O) groups is 1. The van der Waals surface area contributed by atoms with E-state index in [0.29, 0.717) is 18.9 Å². The van der Waals surface area contributed by atoms with Crippen LogP contribution in [0.25, 0.3) is 0 Å². The number of rotatable bonds is 7. The molecule has 2 N–H and O–H groups in total. The smallest absolute Gasteiger partial charge is 0.250 e. The van der Waals surface area contributed by atoms with Crippen molar-refractivity contribution in [3.63, 3.8) is 0 Å². The molecule has 0 aliphatic heterocycles. The largest absolute Gasteiger partial charge is 0.355 e. The summed E-state index contributed by atoms with van der Waals surface area (Å²) in [5.74, 6) is 0.513. The number of carbonyl (C=O) groups excluding carboxylic acids is 1. The van der Waals surface area contributed by atoms with Crippen LogP contribution in [0.15, 0.2) is 20.1 Å². The molecule has 1 aliphatic rings. The Morgan fingerprint density at radius 1 is 1.23 bits per heavy atom. The molecular weight excluding hydrogens is 388 g/mol. The molecule has 0 radical (unpaired) electrons. The van der Waals surface area contributed by atoms with Gasteiger partial charge in [-0.3, -0.25) is 4.79 Å². The summed E-state index contributed by atoms with van der Waals surface area (Å²) < 4.78 is 27.5. The highest BCUT2D eigenvalue weighted by molar-refractivity contribution is 9.11. The van der Waals surface area contributed by atoms with Crippen molar-refractivity contribution in [1.82, 2.24) is 10.0 Å². The topological polar surface area (TPSA) is 75.3 Å². The molecule has 1 amide bonds. The Morgan fingerprint density at radius 2 is 1.95 bits per heavy atom. The minimum Gasteiger partial charge on any atom is -0.355 e. The third kappa shape index (κ3) is 5.64. The molecule has 0 unspecified atom stereocenters. The first kappa shape index (κ1) is 17.9. The van der Waals surface area contributed by atoms with Crippen molar-refractivity contribution in [2.75, 3.05) is 13.1 Å². The van der Waals surface area contributed by atoms with Crippen molar-refractivity contribution in [3.8, 4) is 0 Å². The van der Waals surface area contributed by atoms with Gasteiger partial charge in [-0.05, 0) is 46.8 Å². The van der Waals surface area contributed by atoms with Gasteiger partial charge < -0.3 is 5.32 Å². The normalized spacial score (nSPS) is 16.6. The fourth-order valence-corrected chi connectivity index (χ4v) is 5.71. The van der Waals surface area contributed by atoms with Crippen molar-refractivity contribution < 1.29 is 13.2 Å². The van der Waals surface area contributed by atoms with Gasteiger partial charge in [0.1, 0.15) is 4.21 Å². The Bertz CT molecular complexity index is 595.